The fourth-order valence-corrected chi connectivity index (χ4v) is 1.23. The standard InChI is InChI=1S/C8H10N3/c1-7-3-9-4-8-5-10(2)6-11(7)8/h3-6H,1-2H3/q+1. The van der Waals surface area contributed by atoms with Gasteiger partial charge in [0.25, 0.3) is 0 Å². The van der Waals surface area contributed by atoms with Crippen molar-refractivity contribution < 1.29 is 4.57 Å². The fraction of sp³-hybridized carbons (Fsp3) is 0.250. The van der Waals surface area contributed by atoms with Gasteiger partial charge in [0.2, 0.25) is 6.33 Å². The molecule has 2 rings (SSSR count). The summed E-state index contributed by atoms with van der Waals surface area (Å²) in [5, 5.41) is 0. The first-order valence-corrected chi connectivity index (χ1v) is 3.55. The summed E-state index contributed by atoms with van der Waals surface area (Å²) in [5.74, 6) is 0. The van der Waals surface area contributed by atoms with Gasteiger partial charge in [0.05, 0.1) is 19.4 Å². The Morgan fingerprint density at radius 1 is 1.45 bits per heavy atom. The second-order valence-corrected chi connectivity index (χ2v) is 2.75. The molecule has 0 aliphatic rings. The van der Waals surface area contributed by atoms with Crippen LogP contribution in [0, 0.1) is 6.92 Å². The van der Waals surface area contributed by atoms with Gasteiger partial charge < -0.3 is 0 Å². The molecule has 0 amide bonds. The number of hydrogen-bond acceptors (Lipinski definition) is 1. The minimum Gasteiger partial charge on any atom is -0.256 e. The third-order valence-corrected chi connectivity index (χ3v) is 1.76. The second kappa shape index (κ2) is 2.05. The van der Waals surface area contributed by atoms with Gasteiger partial charge >= 0.3 is 0 Å². The lowest BCUT2D eigenvalue weighted by molar-refractivity contribution is -0.670. The van der Waals surface area contributed by atoms with Gasteiger partial charge in [-0.15, -0.1) is 0 Å². The number of aromatic nitrogens is 3. The van der Waals surface area contributed by atoms with Crippen molar-refractivity contribution in [3.63, 3.8) is 0 Å². The second-order valence-electron chi connectivity index (χ2n) is 2.75. The van der Waals surface area contributed by atoms with E-state index in [1.807, 2.05) is 43.5 Å². The first kappa shape index (κ1) is 6.34. The smallest absolute Gasteiger partial charge is 0.249 e. The molecule has 2 aromatic heterocycles. The minimum atomic E-state index is 1.13. The van der Waals surface area contributed by atoms with E-state index >= 15 is 0 Å². The molecule has 0 fully saturated rings. The molecule has 56 valence electrons. The molecule has 0 bridgehead atoms. The lowest BCUT2D eigenvalue weighted by atomic mass is 10.5. The van der Waals surface area contributed by atoms with Gasteiger partial charge in [0.1, 0.15) is 11.9 Å². The van der Waals surface area contributed by atoms with Gasteiger partial charge in [0, 0.05) is 0 Å². The molecule has 2 aromatic rings. The minimum absolute atomic E-state index is 1.13. The van der Waals surface area contributed by atoms with Crippen molar-refractivity contribution in [2.45, 2.75) is 6.92 Å². The maximum atomic E-state index is 4.09. The van der Waals surface area contributed by atoms with Gasteiger partial charge in [-0.25, -0.2) is 4.57 Å². The summed E-state index contributed by atoms with van der Waals surface area (Å²) in [5.41, 5.74) is 2.29. The quantitative estimate of drug-likeness (QED) is 0.497. The maximum absolute atomic E-state index is 4.09. The van der Waals surface area contributed by atoms with E-state index in [1.54, 1.807) is 0 Å². The van der Waals surface area contributed by atoms with E-state index in [0.29, 0.717) is 0 Å². The molecule has 3 nitrogen and oxygen atoms in total. The molecule has 0 spiro atoms. The summed E-state index contributed by atoms with van der Waals surface area (Å²) < 4.78 is 4.12. The molecular weight excluding hydrogens is 138 g/mol. The van der Waals surface area contributed by atoms with Crippen molar-refractivity contribution in [1.29, 1.82) is 0 Å². The van der Waals surface area contributed by atoms with E-state index in [0.717, 1.165) is 11.2 Å². The van der Waals surface area contributed by atoms with Crippen LogP contribution in [0.25, 0.3) is 5.52 Å². The van der Waals surface area contributed by atoms with Crippen molar-refractivity contribution in [2.75, 3.05) is 0 Å². The van der Waals surface area contributed by atoms with Crippen LogP contribution in [-0.2, 0) is 7.05 Å². The Bertz CT molecular complexity index is 389. The molecule has 0 aliphatic carbocycles. The molecule has 11 heavy (non-hydrogen) atoms. The van der Waals surface area contributed by atoms with E-state index < -0.39 is 0 Å². The van der Waals surface area contributed by atoms with Crippen LogP contribution in [0.1, 0.15) is 5.69 Å². The molecule has 3 heteroatoms. The molecular formula is C8H10N3+. The maximum Gasteiger partial charge on any atom is 0.249 e. The number of nitrogens with zero attached hydrogens (tertiary/aromatic N) is 3. The average molecular weight is 148 g/mol. The number of rotatable bonds is 0. The largest absolute Gasteiger partial charge is 0.256 e. The Morgan fingerprint density at radius 2 is 2.27 bits per heavy atom. The summed E-state index contributed by atoms with van der Waals surface area (Å²) in [4.78, 5) is 4.09. The van der Waals surface area contributed by atoms with Gasteiger partial charge in [-0.3, -0.25) is 4.98 Å². The first-order chi connectivity index (χ1) is 5.27. The molecule has 0 atom stereocenters. The monoisotopic (exact) mass is 148 g/mol. The van der Waals surface area contributed by atoms with E-state index in [9.17, 15) is 0 Å². The van der Waals surface area contributed by atoms with E-state index in [2.05, 4.69) is 9.38 Å². The Morgan fingerprint density at radius 3 is 3.00 bits per heavy atom. The van der Waals surface area contributed by atoms with Crippen LogP contribution in [0.15, 0.2) is 24.9 Å². The SMILES string of the molecule is Cc1cncc2c[n+](C)cn12. The predicted octanol–water partition coefficient (Wildman–Crippen LogP) is 0.467. The first-order valence-electron chi connectivity index (χ1n) is 3.55. The van der Waals surface area contributed by atoms with Gasteiger partial charge in [-0.05, 0) is 6.92 Å². The van der Waals surface area contributed by atoms with Crippen LogP contribution in [0.4, 0.5) is 0 Å². The zero-order chi connectivity index (χ0) is 7.84. The highest BCUT2D eigenvalue weighted by Crippen LogP contribution is 2.00. The van der Waals surface area contributed by atoms with Crippen molar-refractivity contribution in [3.05, 3.63) is 30.6 Å². The van der Waals surface area contributed by atoms with Crippen LogP contribution >= 0.6 is 0 Å². The zero-order valence-electron chi connectivity index (χ0n) is 6.65. The van der Waals surface area contributed by atoms with Crippen molar-refractivity contribution in [1.82, 2.24) is 9.38 Å². The Kier molecular flexibility index (Phi) is 1.18. The molecule has 0 saturated carbocycles. The highest BCUT2D eigenvalue weighted by Gasteiger charge is 2.04. The van der Waals surface area contributed by atoms with E-state index in [1.165, 1.54) is 0 Å². The number of hydrogen-bond donors (Lipinski definition) is 0. The lowest BCUT2D eigenvalue weighted by Gasteiger charge is -1.87. The summed E-state index contributed by atoms with van der Waals surface area (Å²) >= 11 is 0. The van der Waals surface area contributed by atoms with Crippen molar-refractivity contribution in [3.8, 4) is 0 Å². The van der Waals surface area contributed by atoms with Crippen molar-refractivity contribution in [2.24, 2.45) is 7.05 Å². The third-order valence-electron chi connectivity index (χ3n) is 1.76. The predicted molar refractivity (Wildman–Crippen MR) is 41.1 cm³/mol. The molecule has 0 N–H and O–H groups in total. The van der Waals surface area contributed by atoms with Crippen LogP contribution in [0.3, 0.4) is 0 Å². The van der Waals surface area contributed by atoms with Crippen LogP contribution in [0.2, 0.25) is 0 Å². The molecule has 0 aliphatic heterocycles. The highest BCUT2D eigenvalue weighted by atomic mass is 15.1. The number of imidazole rings is 1. The number of aryl methyl sites for hydroxylation is 2. The highest BCUT2D eigenvalue weighted by molar-refractivity contribution is 5.40. The summed E-state index contributed by atoms with van der Waals surface area (Å²) in [6.45, 7) is 2.04. The van der Waals surface area contributed by atoms with Gasteiger partial charge in [0.15, 0.2) is 5.52 Å². The average Bonchev–Trinajstić information content (AvgIpc) is 2.31. The topological polar surface area (TPSA) is 21.2 Å². The molecule has 0 aromatic carbocycles. The third kappa shape index (κ3) is 0.888. The summed E-state index contributed by atoms with van der Waals surface area (Å²) in [6, 6.07) is 0. The van der Waals surface area contributed by atoms with Gasteiger partial charge in [-0.1, -0.05) is 0 Å². The van der Waals surface area contributed by atoms with Crippen LogP contribution in [0.5, 0.6) is 0 Å². The molecule has 0 saturated heterocycles. The van der Waals surface area contributed by atoms with Crippen molar-refractivity contribution >= 4 is 5.52 Å². The van der Waals surface area contributed by atoms with E-state index in [-0.39, 0.29) is 0 Å². The van der Waals surface area contributed by atoms with Gasteiger partial charge in [-0.2, -0.15) is 4.40 Å². The van der Waals surface area contributed by atoms with Crippen LogP contribution < -0.4 is 4.57 Å². The summed E-state index contributed by atoms with van der Waals surface area (Å²) in [6.07, 6.45) is 7.78. The normalized spacial score (nSPS) is 10.7. The summed E-state index contributed by atoms with van der Waals surface area (Å²) in [7, 11) is 2.01. The Balaban J connectivity index is 2.90. The Hall–Kier alpha value is -1.38. The molecule has 0 unspecified atom stereocenters. The van der Waals surface area contributed by atoms with E-state index in [4.69, 9.17) is 0 Å². The fourth-order valence-electron chi connectivity index (χ4n) is 1.23. The zero-order valence-corrected chi connectivity index (χ0v) is 6.65. The number of fused-ring (bicyclic) bond motifs is 1. The molecule has 2 heterocycles. The molecule has 0 radical (unpaired) electrons. The Labute approximate surface area is 64.9 Å². The lowest BCUT2D eigenvalue weighted by Crippen LogP contribution is -2.23. The van der Waals surface area contributed by atoms with Crippen LogP contribution in [-0.4, -0.2) is 9.38 Å².